The van der Waals surface area contributed by atoms with E-state index in [1.807, 2.05) is 37.2 Å². The largest absolute Gasteiger partial charge is 0.366 e. The van der Waals surface area contributed by atoms with Crippen LogP contribution in [0.3, 0.4) is 0 Å². The fraction of sp³-hybridized carbons (Fsp3) is 0.529. The second-order valence-corrected chi connectivity index (χ2v) is 6.29. The van der Waals surface area contributed by atoms with Gasteiger partial charge in [-0.15, -0.1) is 0 Å². The van der Waals surface area contributed by atoms with Gasteiger partial charge in [-0.2, -0.15) is 0 Å². The number of rotatable bonds is 4. The van der Waals surface area contributed by atoms with Crippen LogP contribution in [0.4, 0.5) is 0 Å². The van der Waals surface area contributed by atoms with Crippen molar-refractivity contribution in [3.05, 3.63) is 35.9 Å². The molecule has 0 unspecified atom stereocenters. The Bertz CT molecular complexity index is 612. The molecular formula is C17H23N3O2. The van der Waals surface area contributed by atoms with Crippen LogP contribution in [0.5, 0.6) is 0 Å². The van der Waals surface area contributed by atoms with E-state index in [9.17, 15) is 5.11 Å². The summed E-state index contributed by atoms with van der Waals surface area (Å²) in [4.78, 5) is 12.3. The summed E-state index contributed by atoms with van der Waals surface area (Å²) in [5.74, 6) is -0.519. The van der Waals surface area contributed by atoms with Crippen LogP contribution in [0.15, 0.2) is 40.5 Å². The molecule has 1 aromatic rings. The van der Waals surface area contributed by atoms with E-state index in [-0.39, 0.29) is 0 Å². The Balaban J connectivity index is 2.04. The van der Waals surface area contributed by atoms with Gasteiger partial charge in [-0.1, -0.05) is 48.8 Å². The smallest absolute Gasteiger partial charge is 0.272 e. The van der Waals surface area contributed by atoms with Crippen LogP contribution in [-0.2, 0) is 11.3 Å². The molecule has 0 aliphatic carbocycles. The van der Waals surface area contributed by atoms with Crippen molar-refractivity contribution in [1.29, 1.82) is 0 Å². The average Bonchev–Trinajstić information content (AvgIpc) is 2.91. The fourth-order valence-electron chi connectivity index (χ4n) is 3.23. The lowest BCUT2D eigenvalue weighted by atomic mass is 9.79. The number of nitrogens with zero attached hydrogens (tertiary/aromatic N) is 3. The van der Waals surface area contributed by atoms with Crippen LogP contribution in [-0.4, -0.2) is 47.0 Å². The standard InChI is InChI=1S/C17H23N3O2/c1-4-8-14-16(11-13-9-6-5-7-10-13)17(21,22-19-14)12-15(18-16)20(2)3/h5-7,9-10,21H,4,8,11-12H2,1-3H3/t16-,17+/m0/s1. The van der Waals surface area contributed by atoms with E-state index in [0.29, 0.717) is 12.8 Å². The minimum atomic E-state index is -1.37. The van der Waals surface area contributed by atoms with Crippen molar-refractivity contribution in [3.63, 3.8) is 0 Å². The van der Waals surface area contributed by atoms with Gasteiger partial charge < -0.3 is 14.8 Å². The topological polar surface area (TPSA) is 57.4 Å². The van der Waals surface area contributed by atoms with Gasteiger partial charge in [-0.05, 0) is 12.0 Å². The van der Waals surface area contributed by atoms with Crippen LogP contribution < -0.4 is 0 Å². The summed E-state index contributed by atoms with van der Waals surface area (Å²) in [5, 5.41) is 15.3. The van der Waals surface area contributed by atoms with Gasteiger partial charge in [-0.3, -0.25) is 4.99 Å². The maximum atomic E-state index is 11.1. The molecule has 0 fully saturated rings. The molecule has 2 aliphatic heterocycles. The highest BCUT2D eigenvalue weighted by molar-refractivity contribution is 6.02. The van der Waals surface area contributed by atoms with Crippen LogP contribution in [0.1, 0.15) is 31.7 Å². The number of aliphatic imine (C=N–C) groups is 1. The molecule has 2 heterocycles. The van der Waals surface area contributed by atoms with E-state index in [2.05, 4.69) is 24.2 Å². The summed E-state index contributed by atoms with van der Waals surface area (Å²) in [5.41, 5.74) is 1.17. The molecule has 0 saturated heterocycles. The Morgan fingerprint density at radius 1 is 1.27 bits per heavy atom. The maximum Gasteiger partial charge on any atom is 0.272 e. The zero-order chi connectivity index (χ0) is 15.8. The SMILES string of the molecule is CCCC1=NO[C@]2(O)CC(N(C)C)=N[C@@]12Cc1ccccc1. The monoisotopic (exact) mass is 301 g/mol. The first-order valence-corrected chi connectivity index (χ1v) is 7.78. The summed E-state index contributed by atoms with van der Waals surface area (Å²) in [6.45, 7) is 2.10. The summed E-state index contributed by atoms with van der Waals surface area (Å²) in [6.07, 6.45) is 2.69. The van der Waals surface area contributed by atoms with E-state index in [0.717, 1.165) is 30.0 Å². The number of oxime groups is 1. The molecule has 0 spiro atoms. The highest BCUT2D eigenvalue weighted by Crippen LogP contribution is 2.46. The predicted molar refractivity (Wildman–Crippen MR) is 87.0 cm³/mol. The predicted octanol–water partition coefficient (Wildman–Crippen LogP) is 2.21. The van der Waals surface area contributed by atoms with Crippen molar-refractivity contribution in [2.75, 3.05) is 14.1 Å². The van der Waals surface area contributed by atoms with Crippen molar-refractivity contribution in [2.24, 2.45) is 10.1 Å². The van der Waals surface area contributed by atoms with Crippen molar-refractivity contribution in [3.8, 4) is 0 Å². The van der Waals surface area contributed by atoms with Crippen LogP contribution in [0.25, 0.3) is 0 Å². The minimum Gasteiger partial charge on any atom is -0.366 e. The summed E-state index contributed by atoms with van der Waals surface area (Å²) in [7, 11) is 3.88. The van der Waals surface area contributed by atoms with E-state index < -0.39 is 11.3 Å². The number of benzene rings is 1. The molecule has 1 N–H and O–H groups in total. The fourth-order valence-corrected chi connectivity index (χ4v) is 3.23. The molecule has 1 aromatic carbocycles. The number of hydrogen-bond donors (Lipinski definition) is 1. The zero-order valence-electron chi connectivity index (χ0n) is 13.4. The first kappa shape index (κ1) is 15.0. The lowest BCUT2D eigenvalue weighted by Gasteiger charge is -2.32. The molecule has 0 bridgehead atoms. The second-order valence-electron chi connectivity index (χ2n) is 6.29. The van der Waals surface area contributed by atoms with Gasteiger partial charge in [0.05, 0.1) is 12.1 Å². The van der Waals surface area contributed by atoms with Crippen LogP contribution >= 0.6 is 0 Å². The van der Waals surface area contributed by atoms with Gasteiger partial charge in [0.1, 0.15) is 5.84 Å². The molecule has 0 saturated carbocycles. The Morgan fingerprint density at radius 3 is 2.64 bits per heavy atom. The highest BCUT2D eigenvalue weighted by atomic mass is 16.7. The molecule has 2 atom stereocenters. The number of amidine groups is 1. The lowest BCUT2D eigenvalue weighted by Crippen LogP contribution is -2.53. The van der Waals surface area contributed by atoms with E-state index in [4.69, 9.17) is 9.83 Å². The molecule has 0 radical (unpaired) electrons. The van der Waals surface area contributed by atoms with Crippen LogP contribution in [0, 0.1) is 0 Å². The number of aliphatic hydroxyl groups is 1. The van der Waals surface area contributed by atoms with Crippen molar-refractivity contribution in [1.82, 2.24) is 4.90 Å². The first-order chi connectivity index (χ1) is 10.5. The van der Waals surface area contributed by atoms with Gasteiger partial charge >= 0.3 is 0 Å². The summed E-state index contributed by atoms with van der Waals surface area (Å²) < 4.78 is 0. The number of hydrogen-bond acceptors (Lipinski definition) is 5. The van der Waals surface area contributed by atoms with Gasteiger partial charge in [0.15, 0.2) is 5.54 Å². The normalized spacial score (nSPS) is 29.6. The number of fused-ring (bicyclic) bond motifs is 1. The molecule has 118 valence electrons. The third kappa shape index (κ3) is 2.20. The minimum absolute atomic E-state index is 0.365. The molecule has 3 rings (SSSR count). The Hall–Kier alpha value is -1.88. The summed E-state index contributed by atoms with van der Waals surface area (Å²) >= 11 is 0. The maximum absolute atomic E-state index is 11.1. The Labute approximate surface area is 131 Å². The highest BCUT2D eigenvalue weighted by Gasteiger charge is 2.64. The van der Waals surface area contributed by atoms with E-state index in [1.54, 1.807) is 0 Å². The lowest BCUT2D eigenvalue weighted by molar-refractivity contribution is -0.202. The van der Waals surface area contributed by atoms with Gasteiger partial charge in [0.25, 0.3) is 5.79 Å². The first-order valence-electron chi connectivity index (χ1n) is 7.78. The Morgan fingerprint density at radius 2 is 2.00 bits per heavy atom. The molecule has 5 heteroatoms. The third-order valence-corrected chi connectivity index (χ3v) is 4.45. The molecule has 2 aliphatic rings. The molecule has 0 amide bonds. The quantitative estimate of drug-likeness (QED) is 0.927. The van der Waals surface area contributed by atoms with Gasteiger partial charge in [-0.25, -0.2) is 0 Å². The zero-order valence-corrected chi connectivity index (χ0v) is 13.4. The van der Waals surface area contributed by atoms with E-state index >= 15 is 0 Å². The van der Waals surface area contributed by atoms with E-state index in [1.165, 1.54) is 0 Å². The van der Waals surface area contributed by atoms with Gasteiger partial charge in [0.2, 0.25) is 0 Å². The molecular weight excluding hydrogens is 278 g/mol. The molecule has 0 aromatic heterocycles. The molecule has 5 nitrogen and oxygen atoms in total. The van der Waals surface area contributed by atoms with Crippen molar-refractivity contribution in [2.45, 2.75) is 43.9 Å². The third-order valence-electron chi connectivity index (χ3n) is 4.45. The Kier molecular flexibility index (Phi) is 3.68. The summed E-state index contributed by atoms with van der Waals surface area (Å²) in [6, 6.07) is 10.1. The van der Waals surface area contributed by atoms with Crippen molar-refractivity contribution < 1.29 is 9.94 Å². The van der Waals surface area contributed by atoms with Gasteiger partial charge in [0, 0.05) is 20.5 Å². The average molecular weight is 301 g/mol. The van der Waals surface area contributed by atoms with Crippen LogP contribution in [0.2, 0.25) is 0 Å². The van der Waals surface area contributed by atoms with Crippen molar-refractivity contribution >= 4 is 11.5 Å². The second kappa shape index (κ2) is 5.39. The molecule has 22 heavy (non-hydrogen) atoms.